The Morgan fingerprint density at radius 2 is 2.15 bits per heavy atom. The van der Waals surface area contributed by atoms with Crippen molar-refractivity contribution in [3.63, 3.8) is 0 Å². The van der Waals surface area contributed by atoms with Gasteiger partial charge in [-0.1, -0.05) is 6.92 Å². The first-order chi connectivity index (χ1) is 9.32. The second kappa shape index (κ2) is 5.46. The Balaban J connectivity index is 2.19. The molecule has 20 heavy (non-hydrogen) atoms. The van der Waals surface area contributed by atoms with Crippen LogP contribution in [0.1, 0.15) is 43.6 Å². The van der Waals surface area contributed by atoms with Crippen LogP contribution in [0.2, 0.25) is 0 Å². The van der Waals surface area contributed by atoms with Crippen molar-refractivity contribution in [2.45, 2.75) is 58.3 Å². The van der Waals surface area contributed by atoms with Gasteiger partial charge < -0.3 is 5.32 Å². The summed E-state index contributed by atoms with van der Waals surface area (Å²) in [5, 5.41) is 6.34. The highest BCUT2D eigenvalue weighted by Crippen LogP contribution is 2.36. The maximum absolute atomic E-state index is 12.9. The SMILES string of the molecule is CC[C@H](C)NC(=O)Cn1nc(C(F)(F)F)c2c1CCC2. The normalized spacial score (nSPS) is 16.1. The fourth-order valence-corrected chi connectivity index (χ4v) is 2.43. The molecule has 1 aromatic rings. The highest BCUT2D eigenvalue weighted by atomic mass is 19.4. The topological polar surface area (TPSA) is 46.9 Å². The van der Waals surface area contributed by atoms with Crippen molar-refractivity contribution in [2.75, 3.05) is 0 Å². The fraction of sp³-hybridized carbons (Fsp3) is 0.692. The molecule has 1 N–H and O–H groups in total. The van der Waals surface area contributed by atoms with Gasteiger partial charge in [-0.2, -0.15) is 18.3 Å². The number of hydrogen-bond acceptors (Lipinski definition) is 2. The van der Waals surface area contributed by atoms with Crippen LogP contribution >= 0.6 is 0 Å². The number of nitrogens with one attached hydrogen (secondary N) is 1. The number of carbonyl (C=O) groups excluding carboxylic acids is 1. The molecule has 0 bridgehead atoms. The Hall–Kier alpha value is -1.53. The highest BCUT2D eigenvalue weighted by Gasteiger charge is 2.40. The van der Waals surface area contributed by atoms with Crippen LogP contribution in [0.4, 0.5) is 13.2 Å². The van der Waals surface area contributed by atoms with Crippen molar-refractivity contribution in [1.29, 1.82) is 0 Å². The molecule has 1 aromatic heterocycles. The van der Waals surface area contributed by atoms with Gasteiger partial charge in [0.15, 0.2) is 5.69 Å². The molecule has 1 amide bonds. The van der Waals surface area contributed by atoms with E-state index in [4.69, 9.17) is 0 Å². The molecule has 7 heteroatoms. The molecule has 1 atom stereocenters. The summed E-state index contributed by atoms with van der Waals surface area (Å²) in [4.78, 5) is 11.8. The molecule has 0 aromatic carbocycles. The Morgan fingerprint density at radius 3 is 2.75 bits per heavy atom. The van der Waals surface area contributed by atoms with Crippen LogP contribution in [-0.2, 0) is 30.4 Å². The van der Waals surface area contributed by atoms with E-state index in [-0.39, 0.29) is 24.1 Å². The second-order valence-corrected chi connectivity index (χ2v) is 5.16. The lowest BCUT2D eigenvalue weighted by atomic mass is 10.2. The first kappa shape index (κ1) is 14.9. The third-order valence-electron chi connectivity index (χ3n) is 3.59. The fourth-order valence-electron chi connectivity index (χ4n) is 2.43. The van der Waals surface area contributed by atoms with Crippen molar-refractivity contribution in [2.24, 2.45) is 0 Å². The lowest BCUT2D eigenvalue weighted by Crippen LogP contribution is -2.35. The molecule has 4 nitrogen and oxygen atoms in total. The summed E-state index contributed by atoms with van der Waals surface area (Å²) in [6.45, 7) is 3.63. The van der Waals surface area contributed by atoms with Gasteiger partial charge in [0.2, 0.25) is 5.91 Å². The molecular weight excluding hydrogens is 271 g/mol. The Bertz CT molecular complexity index is 508. The van der Waals surface area contributed by atoms with Gasteiger partial charge in [-0.3, -0.25) is 9.48 Å². The second-order valence-electron chi connectivity index (χ2n) is 5.16. The summed E-state index contributed by atoms with van der Waals surface area (Å²) < 4.78 is 39.9. The summed E-state index contributed by atoms with van der Waals surface area (Å²) in [5.41, 5.74) is -0.0215. The van der Waals surface area contributed by atoms with Gasteiger partial charge in [0, 0.05) is 17.3 Å². The Kier molecular flexibility index (Phi) is 4.06. The zero-order valence-corrected chi connectivity index (χ0v) is 11.5. The summed E-state index contributed by atoms with van der Waals surface area (Å²) in [6.07, 6.45) is -2.06. The molecule has 112 valence electrons. The van der Waals surface area contributed by atoms with Gasteiger partial charge in [0.25, 0.3) is 0 Å². The van der Waals surface area contributed by atoms with Crippen molar-refractivity contribution < 1.29 is 18.0 Å². The van der Waals surface area contributed by atoms with E-state index in [9.17, 15) is 18.0 Å². The van der Waals surface area contributed by atoms with E-state index in [2.05, 4.69) is 10.4 Å². The minimum atomic E-state index is -4.45. The van der Waals surface area contributed by atoms with Crippen LogP contribution in [0, 0.1) is 0 Å². The average Bonchev–Trinajstić information content (AvgIpc) is 2.91. The summed E-state index contributed by atoms with van der Waals surface area (Å²) in [6, 6.07) is 0.00759. The molecule has 1 aliphatic rings. The Labute approximate surface area is 115 Å². The minimum absolute atomic E-state index is 0.00759. The summed E-state index contributed by atoms with van der Waals surface area (Å²) in [7, 11) is 0. The monoisotopic (exact) mass is 289 g/mol. The first-order valence-corrected chi connectivity index (χ1v) is 6.78. The predicted molar refractivity (Wildman–Crippen MR) is 67.1 cm³/mol. The number of amides is 1. The molecule has 0 unspecified atom stereocenters. The molecule has 0 saturated heterocycles. The van der Waals surface area contributed by atoms with Crippen LogP contribution in [0.3, 0.4) is 0 Å². The van der Waals surface area contributed by atoms with E-state index in [1.807, 2.05) is 13.8 Å². The summed E-state index contributed by atoms with van der Waals surface area (Å²) >= 11 is 0. The lowest BCUT2D eigenvalue weighted by Gasteiger charge is -2.12. The van der Waals surface area contributed by atoms with E-state index in [1.165, 1.54) is 4.68 Å². The van der Waals surface area contributed by atoms with Crippen molar-refractivity contribution in [3.8, 4) is 0 Å². The average molecular weight is 289 g/mol. The quantitative estimate of drug-likeness (QED) is 0.924. The smallest absolute Gasteiger partial charge is 0.352 e. The number of alkyl halides is 3. The van der Waals surface area contributed by atoms with Gasteiger partial charge in [0.05, 0.1) is 0 Å². The van der Waals surface area contributed by atoms with Gasteiger partial charge in [-0.15, -0.1) is 0 Å². The van der Waals surface area contributed by atoms with Crippen LogP contribution in [0.15, 0.2) is 0 Å². The maximum Gasteiger partial charge on any atom is 0.435 e. The molecule has 1 heterocycles. The molecule has 0 saturated carbocycles. The molecule has 0 fully saturated rings. The van der Waals surface area contributed by atoms with E-state index in [0.29, 0.717) is 25.0 Å². The molecule has 1 aliphatic carbocycles. The lowest BCUT2D eigenvalue weighted by molar-refractivity contribution is -0.142. The Morgan fingerprint density at radius 1 is 1.45 bits per heavy atom. The standard InChI is InChI=1S/C13H18F3N3O/c1-3-8(2)17-11(20)7-19-10-6-4-5-9(10)12(18-19)13(14,15)16/h8H,3-7H2,1-2H3,(H,17,20)/t8-/m0/s1. The van der Waals surface area contributed by atoms with E-state index < -0.39 is 11.9 Å². The van der Waals surface area contributed by atoms with Crippen molar-refractivity contribution in [1.82, 2.24) is 15.1 Å². The van der Waals surface area contributed by atoms with Crippen LogP contribution in [0.5, 0.6) is 0 Å². The number of aromatic nitrogens is 2. The number of fused-ring (bicyclic) bond motifs is 1. The van der Waals surface area contributed by atoms with E-state index in [1.54, 1.807) is 0 Å². The number of nitrogens with zero attached hydrogens (tertiary/aromatic N) is 2. The molecule has 0 spiro atoms. The maximum atomic E-state index is 12.9. The van der Waals surface area contributed by atoms with Crippen LogP contribution < -0.4 is 5.32 Å². The van der Waals surface area contributed by atoms with Crippen molar-refractivity contribution >= 4 is 5.91 Å². The number of halogens is 3. The van der Waals surface area contributed by atoms with Gasteiger partial charge >= 0.3 is 6.18 Å². The van der Waals surface area contributed by atoms with Crippen LogP contribution in [-0.4, -0.2) is 21.7 Å². The van der Waals surface area contributed by atoms with Crippen molar-refractivity contribution in [3.05, 3.63) is 17.0 Å². The zero-order valence-electron chi connectivity index (χ0n) is 11.5. The number of rotatable bonds is 4. The summed E-state index contributed by atoms with van der Waals surface area (Å²) in [5.74, 6) is -0.301. The van der Waals surface area contributed by atoms with E-state index in [0.717, 1.165) is 6.42 Å². The van der Waals surface area contributed by atoms with Crippen LogP contribution in [0.25, 0.3) is 0 Å². The third-order valence-corrected chi connectivity index (χ3v) is 3.59. The number of carbonyl (C=O) groups is 1. The first-order valence-electron chi connectivity index (χ1n) is 6.78. The minimum Gasteiger partial charge on any atom is -0.352 e. The predicted octanol–water partition coefficient (Wildman–Crippen LogP) is 2.31. The molecule has 0 radical (unpaired) electrons. The molecule has 2 rings (SSSR count). The van der Waals surface area contributed by atoms with Gasteiger partial charge in [-0.25, -0.2) is 0 Å². The zero-order chi connectivity index (χ0) is 14.9. The van der Waals surface area contributed by atoms with Gasteiger partial charge in [0.1, 0.15) is 6.54 Å². The molecule has 0 aliphatic heterocycles. The van der Waals surface area contributed by atoms with Gasteiger partial charge in [-0.05, 0) is 32.6 Å². The largest absolute Gasteiger partial charge is 0.435 e. The molecular formula is C13H18F3N3O. The highest BCUT2D eigenvalue weighted by molar-refractivity contribution is 5.76. The number of hydrogen-bond donors (Lipinski definition) is 1. The van der Waals surface area contributed by atoms with E-state index >= 15 is 0 Å². The third kappa shape index (κ3) is 2.96.